The first-order valence-electron chi connectivity index (χ1n) is 17.1. The molecule has 0 radical (unpaired) electrons. The van der Waals surface area contributed by atoms with Gasteiger partial charge < -0.3 is 39.8 Å². The van der Waals surface area contributed by atoms with E-state index in [9.17, 15) is 24.0 Å². The van der Waals surface area contributed by atoms with Crippen LogP contribution in [0.2, 0.25) is 0 Å². The molecular weight excluding hydrogens is 745 g/mol. The van der Waals surface area contributed by atoms with E-state index in [4.69, 9.17) is 18.9 Å². The van der Waals surface area contributed by atoms with E-state index in [1.165, 1.54) is 50.5 Å². The lowest BCUT2D eigenvalue weighted by Gasteiger charge is -2.30. The number of carbonyl (C=O) groups is 5. The maximum absolute atomic E-state index is 13.7. The molecule has 0 bridgehead atoms. The van der Waals surface area contributed by atoms with E-state index in [0.29, 0.717) is 51.2 Å². The molecule has 13 nitrogen and oxygen atoms in total. The molecule has 0 unspecified atom stereocenters. The van der Waals surface area contributed by atoms with E-state index in [2.05, 4.69) is 16.0 Å². The number of anilines is 2. The van der Waals surface area contributed by atoms with Gasteiger partial charge >= 0.3 is 12.1 Å². The van der Waals surface area contributed by atoms with Crippen LogP contribution in [0, 0.1) is 0 Å². The van der Waals surface area contributed by atoms with Gasteiger partial charge in [-0.1, -0.05) is 24.3 Å². The molecule has 0 atom stereocenters. The minimum atomic E-state index is -0.654. The monoisotopic (exact) mass is 786 g/mol. The highest BCUT2D eigenvalue weighted by molar-refractivity contribution is 8.00. The van der Waals surface area contributed by atoms with Crippen LogP contribution in [0.4, 0.5) is 15.5 Å². The third kappa shape index (κ3) is 10.7. The van der Waals surface area contributed by atoms with Crippen LogP contribution in [0.3, 0.4) is 0 Å². The largest absolute Gasteiger partial charge is 0.497 e. The molecule has 0 saturated carbocycles. The predicted molar refractivity (Wildman–Crippen MR) is 212 cm³/mol. The summed E-state index contributed by atoms with van der Waals surface area (Å²) in [6.07, 6.45) is 1.46. The van der Waals surface area contributed by atoms with Crippen molar-refractivity contribution in [2.24, 2.45) is 0 Å². The highest BCUT2D eigenvalue weighted by Gasteiger charge is 2.32. The zero-order valence-corrected chi connectivity index (χ0v) is 32.9. The Morgan fingerprint density at radius 2 is 1.67 bits per heavy atom. The van der Waals surface area contributed by atoms with Gasteiger partial charge in [-0.05, 0) is 81.3 Å². The van der Waals surface area contributed by atoms with E-state index in [1.807, 2.05) is 0 Å². The van der Waals surface area contributed by atoms with Crippen LogP contribution in [0.5, 0.6) is 11.5 Å². The molecule has 3 aromatic carbocycles. The summed E-state index contributed by atoms with van der Waals surface area (Å²) in [7, 11) is 4.30. The van der Waals surface area contributed by atoms with Gasteiger partial charge in [-0.15, -0.1) is 23.1 Å². The Balaban J connectivity index is 1.28. The molecule has 0 aliphatic carbocycles. The van der Waals surface area contributed by atoms with E-state index in [0.717, 1.165) is 10.4 Å². The summed E-state index contributed by atoms with van der Waals surface area (Å²) in [5.41, 5.74) is 1.64. The maximum Gasteiger partial charge on any atom is 0.410 e. The minimum Gasteiger partial charge on any atom is -0.497 e. The zero-order valence-electron chi connectivity index (χ0n) is 31.3. The fraction of sp³-hybridized carbons (Fsp3) is 0.275. The average Bonchev–Trinajstić information content (AvgIpc) is 3.53. The Morgan fingerprint density at radius 1 is 0.909 bits per heavy atom. The number of methoxy groups -OCH3 is 3. The van der Waals surface area contributed by atoms with Crippen molar-refractivity contribution in [1.82, 2.24) is 10.2 Å². The van der Waals surface area contributed by atoms with Gasteiger partial charge in [0, 0.05) is 39.2 Å². The van der Waals surface area contributed by atoms with Gasteiger partial charge in [-0.3, -0.25) is 14.4 Å². The van der Waals surface area contributed by atoms with Gasteiger partial charge in [0.2, 0.25) is 5.91 Å². The summed E-state index contributed by atoms with van der Waals surface area (Å²) in [4.78, 5) is 68.7. The lowest BCUT2D eigenvalue weighted by molar-refractivity contribution is -0.114. The summed E-state index contributed by atoms with van der Waals surface area (Å²) in [6, 6.07) is 20.5. The Bertz CT molecular complexity index is 2110. The summed E-state index contributed by atoms with van der Waals surface area (Å²) >= 11 is 2.45. The number of esters is 1. The number of amides is 4. The van der Waals surface area contributed by atoms with E-state index < -0.39 is 29.5 Å². The van der Waals surface area contributed by atoms with Crippen molar-refractivity contribution in [1.29, 1.82) is 0 Å². The molecule has 1 aliphatic rings. The molecule has 5 rings (SSSR count). The Morgan fingerprint density at radius 3 is 2.36 bits per heavy atom. The first kappa shape index (κ1) is 40.4. The van der Waals surface area contributed by atoms with Crippen molar-refractivity contribution in [3.8, 4) is 11.5 Å². The highest BCUT2D eigenvalue weighted by atomic mass is 32.2. The number of thioether (sulfide) groups is 1. The topological polar surface area (TPSA) is 162 Å². The first-order valence-corrected chi connectivity index (χ1v) is 18.9. The summed E-state index contributed by atoms with van der Waals surface area (Å²) in [5, 5.41) is 8.76. The van der Waals surface area contributed by atoms with Crippen LogP contribution in [-0.2, 0) is 32.0 Å². The molecule has 3 N–H and O–H groups in total. The van der Waals surface area contributed by atoms with E-state index >= 15 is 0 Å². The lowest BCUT2D eigenvalue weighted by atomic mass is 10.0. The number of ether oxygens (including phenoxy) is 4. The predicted octanol–water partition coefficient (Wildman–Crippen LogP) is 6.99. The number of hydrogen-bond donors (Lipinski definition) is 3. The van der Waals surface area contributed by atoms with E-state index in [1.54, 1.807) is 98.5 Å². The molecule has 55 heavy (non-hydrogen) atoms. The molecule has 288 valence electrons. The van der Waals surface area contributed by atoms with Crippen molar-refractivity contribution in [2.75, 3.05) is 44.3 Å². The van der Waals surface area contributed by atoms with Crippen LogP contribution in [-0.4, -0.2) is 73.9 Å². The van der Waals surface area contributed by atoms with Crippen LogP contribution in [0.15, 0.2) is 83.4 Å². The number of rotatable bonds is 12. The fourth-order valence-electron chi connectivity index (χ4n) is 5.50. The van der Waals surface area contributed by atoms with Gasteiger partial charge in [-0.25, -0.2) is 9.59 Å². The van der Waals surface area contributed by atoms with E-state index in [-0.39, 0.29) is 29.5 Å². The molecule has 15 heteroatoms. The molecule has 1 aliphatic heterocycles. The number of thiophene rings is 1. The molecule has 1 aromatic heterocycles. The molecular formula is C40H42N4O9S2. The molecule has 2 heterocycles. The quantitative estimate of drug-likeness (QED) is 0.0776. The van der Waals surface area contributed by atoms with Gasteiger partial charge in [0.05, 0.1) is 39.2 Å². The second kappa shape index (κ2) is 18.0. The van der Waals surface area contributed by atoms with Crippen molar-refractivity contribution in [3.63, 3.8) is 0 Å². The fourth-order valence-corrected chi connectivity index (χ4v) is 7.52. The Hall–Kier alpha value is -5.80. The van der Waals surface area contributed by atoms with Crippen LogP contribution in [0.25, 0.3) is 6.08 Å². The molecule has 4 amide bonds. The second-order valence-electron chi connectivity index (χ2n) is 13.2. The van der Waals surface area contributed by atoms with Gasteiger partial charge in [-0.2, -0.15) is 0 Å². The Labute approximate surface area is 327 Å². The Kier molecular flexibility index (Phi) is 13.2. The van der Waals surface area contributed by atoms with Crippen LogP contribution < -0.4 is 25.4 Å². The number of carbonyl (C=O) groups excluding carboxylic acids is 5. The molecule has 4 aromatic rings. The number of nitrogens with one attached hydrogen (secondary N) is 3. The average molecular weight is 787 g/mol. The third-order valence-corrected chi connectivity index (χ3v) is 10.2. The van der Waals surface area contributed by atoms with Crippen molar-refractivity contribution in [3.05, 3.63) is 106 Å². The zero-order chi connectivity index (χ0) is 39.7. The van der Waals surface area contributed by atoms with Crippen molar-refractivity contribution in [2.45, 2.75) is 44.2 Å². The number of fused-ring (bicyclic) bond motifs is 1. The molecule has 0 saturated heterocycles. The molecule has 0 fully saturated rings. The van der Waals surface area contributed by atoms with Crippen molar-refractivity contribution >= 4 is 69.6 Å². The third-order valence-electron chi connectivity index (χ3n) is 8.08. The van der Waals surface area contributed by atoms with Crippen molar-refractivity contribution < 1.29 is 42.9 Å². The smallest absolute Gasteiger partial charge is 0.410 e. The minimum absolute atomic E-state index is 0.0137. The highest BCUT2D eigenvalue weighted by Crippen LogP contribution is 2.38. The van der Waals surface area contributed by atoms with Gasteiger partial charge in [0.1, 0.15) is 27.8 Å². The SMILES string of the molecule is COC(=O)c1c(NC(=O)CSc2cccc(NC(=O)/C(=C\c3ccc(OC)cc3OC)NC(=O)c3ccccc3)c2)sc2c1CCN(C(=O)OC(C)(C)C)C2. The van der Waals surface area contributed by atoms with Crippen LogP contribution >= 0.6 is 23.1 Å². The van der Waals surface area contributed by atoms with Gasteiger partial charge in [0.25, 0.3) is 11.8 Å². The van der Waals surface area contributed by atoms with Crippen LogP contribution in [0.1, 0.15) is 57.5 Å². The number of nitrogens with zero attached hydrogens (tertiary/aromatic N) is 1. The summed E-state index contributed by atoms with van der Waals surface area (Å²) in [5.74, 6) is -1.04. The second-order valence-corrected chi connectivity index (χ2v) is 15.3. The standard InChI is InChI=1S/C40H42N4O9S2/c1-40(2,3)53-39(49)44-18-17-29-32(22-44)55-37(34(29)38(48)52-6)43-33(45)23-54-28-14-10-13-26(20-28)41-36(47)30(42-35(46)24-11-8-7-9-12-24)19-25-15-16-27(50-4)21-31(25)51-5/h7-16,19-21H,17-18,22-23H2,1-6H3,(H,41,47)(H,42,46)(H,43,45)/b30-19+. The number of benzene rings is 3. The first-order chi connectivity index (χ1) is 26.3. The number of hydrogen-bond acceptors (Lipinski definition) is 11. The normalized spacial score (nSPS) is 12.5. The lowest BCUT2D eigenvalue weighted by Crippen LogP contribution is -2.39. The summed E-state index contributed by atoms with van der Waals surface area (Å²) < 4.78 is 21.4. The van der Waals surface area contributed by atoms with Gasteiger partial charge in [0.15, 0.2) is 0 Å². The maximum atomic E-state index is 13.7. The molecule has 0 spiro atoms. The summed E-state index contributed by atoms with van der Waals surface area (Å²) in [6.45, 7) is 5.98.